The predicted molar refractivity (Wildman–Crippen MR) is 69.6 cm³/mol. The number of pyridine rings is 1. The number of aliphatic hydroxyl groups is 1. The number of rotatable bonds is 2. The summed E-state index contributed by atoms with van der Waals surface area (Å²) in [4.78, 5) is 15.9. The standard InChI is InChI=1S/C13H17ClN2O2/c14-12-8-4-6-10(15-12)13(18)16-9-5-2-1-3-7-11(9)17/h4,6,8-9,11,17H,1-3,5,7H2,(H,16,18). The first-order valence-electron chi connectivity index (χ1n) is 6.28. The van der Waals surface area contributed by atoms with Crippen molar-refractivity contribution in [3.8, 4) is 0 Å². The molecule has 2 atom stereocenters. The second-order valence-electron chi connectivity index (χ2n) is 4.63. The molecule has 18 heavy (non-hydrogen) atoms. The Morgan fingerprint density at radius 3 is 2.89 bits per heavy atom. The number of nitrogens with zero attached hydrogens (tertiary/aromatic N) is 1. The molecule has 0 radical (unpaired) electrons. The van der Waals surface area contributed by atoms with Gasteiger partial charge in [0.25, 0.3) is 5.91 Å². The highest BCUT2D eigenvalue weighted by Crippen LogP contribution is 2.18. The summed E-state index contributed by atoms with van der Waals surface area (Å²) in [6.07, 6.45) is 4.25. The van der Waals surface area contributed by atoms with Crippen LogP contribution in [-0.2, 0) is 0 Å². The lowest BCUT2D eigenvalue weighted by Crippen LogP contribution is -2.42. The lowest BCUT2D eigenvalue weighted by atomic mass is 10.1. The van der Waals surface area contributed by atoms with Crippen molar-refractivity contribution in [2.75, 3.05) is 0 Å². The molecule has 1 saturated carbocycles. The van der Waals surface area contributed by atoms with Gasteiger partial charge in [-0.3, -0.25) is 4.79 Å². The van der Waals surface area contributed by atoms with E-state index in [1.165, 1.54) is 0 Å². The number of nitrogens with one attached hydrogen (secondary N) is 1. The maximum Gasteiger partial charge on any atom is 0.270 e. The Balaban J connectivity index is 2.01. The van der Waals surface area contributed by atoms with Crippen molar-refractivity contribution in [2.45, 2.75) is 44.2 Å². The van der Waals surface area contributed by atoms with Gasteiger partial charge in [-0.2, -0.15) is 0 Å². The number of amides is 1. The first-order valence-corrected chi connectivity index (χ1v) is 6.66. The number of aliphatic hydroxyl groups excluding tert-OH is 1. The number of hydrogen-bond donors (Lipinski definition) is 2. The Morgan fingerprint density at radius 1 is 1.33 bits per heavy atom. The average Bonchev–Trinajstić information content (AvgIpc) is 2.55. The summed E-state index contributed by atoms with van der Waals surface area (Å²) in [5.41, 5.74) is 0.291. The number of aromatic nitrogens is 1. The smallest absolute Gasteiger partial charge is 0.270 e. The molecular weight excluding hydrogens is 252 g/mol. The minimum absolute atomic E-state index is 0.180. The molecule has 0 aromatic carbocycles. The van der Waals surface area contributed by atoms with Gasteiger partial charge in [0.1, 0.15) is 10.8 Å². The van der Waals surface area contributed by atoms with Gasteiger partial charge in [0.05, 0.1) is 12.1 Å². The second kappa shape index (κ2) is 6.16. The van der Waals surface area contributed by atoms with Crippen LogP contribution in [0.4, 0.5) is 0 Å². The summed E-state index contributed by atoms with van der Waals surface area (Å²) < 4.78 is 0. The van der Waals surface area contributed by atoms with Crippen LogP contribution in [0.5, 0.6) is 0 Å². The summed E-state index contributed by atoms with van der Waals surface area (Å²) in [6, 6.07) is 4.75. The van der Waals surface area contributed by atoms with E-state index in [2.05, 4.69) is 10.3 Å². The van der Waals surface area contributed by atoms with E-state index in [-0.39, 0.29) is 11.9 Å². The largest absolute Gasteiger partial charge is 0.391 e. The minimum atomic E-state index is -0.462. The Labute approximate surface area is 111 Å². The Kier molecular flexibility index (Phi) is 4.55. The maximum atomic E-state index is 12.0. The zero-order chi connectivity index (χ0) is 13.0. The molecule has 0 aliphatic heterocycles. The predicted octanol–water partition coefficient (Wildman–Crippen LogP) is 2.16. The van der Waals surface area contributed by atoms with Gasteiger partial charge in [0, 0.05) is 0 Å². The molecule has 4 nitrogen and oxygen atoms in total. The fourth-order valence-electron chi connectivity index (χ4n) is 2.23. The van der Waals surface area contributed by atoms with Crippen LogP contribution in [0.2, 0.25) is 5.15 Å². The number of carbonyl (C=O) groups is 1. The highest BCUT2D eigenvalue weighted by atomic mass is 35.5. The average molecular weight is 269 g/mol. The van der Waals surface area contributed by atoms with E-state index < -0.39 is 6.10 Å². The summed E-state index contributed by atoms with van der Waals surface area (Å²) in [7, 11) is 0. The van der Waals surface area contributed by atoms with Crippen LogP contribution >= 0.6 is 11.6 Å². The quantitative estimate of drug-likeness (QED) is 0.638. The molecule has 0 bridgehead atoms. The molecule has 1 fully saturated rings. The molecule has 0 spiro atoms. The van der Waals surface area contributed by atoms with E-state index in [0.29, 0.717) is 10.8 Å². The Bertz CT molecular complexity index is 425. The van der Waals surface area contributed by atoms with Gasteiger partial charge in [-0.15, -0.1) is 0 Å². The highest BCUT2D eigenvalue weighted by Gasteiger charge is 2.23. The van der Waals surface area contributed by atoms with Crippen LogP contribution in [0.15, 0.2) is 18.2 Å². The molecule has 2 rings (SSSR count). The third kappa shape index (κ3) is 3.43. The first-order chi connectivity index (χ1) is 8.66. The monoisotopic (exact) mass is 268 g/mol. The van der Waals surface area contributed by atoms with E-state index in [0.717, 1.165) is 32.1 Å². The molecule has 1 aromatic rings. The highest BCUT2D eigenvalue weighted by molar-refractivity contribution is 6.29. The van der Waals surface area contributed by atoms with Gasteiger partial charge < -0.3 is 10.4 Å². The topological polar surface area (TPSA) is 62.2 Å². The van der Waals surface area contributed by atoms with Gasteiger partial charge in [-0.05, 0) is 25.0 Å². The van der Waals surface area contributed by atoms with Crippen LogP contribution in [0, 0.1) is 0 Å². The van der Waals surface area contributed by atoms with Gasteiger partial charge in [-0.25, -0.2) is 4.98 Å². The van der Waals surface area contributed by atoms with E-state index in [9.17, 15) is 9.90 Å². The number of halogens is 1. The molecule has 2 unspecified atom stereocenters. The fraction of sp³-hybridized carbons (Fsp3) is 0.538. The van der Waals surface area contributed by atoms with E-state index in [4.69, 9.17) is 11.6 Å². The van der Waals surface area contributed by atoms with Crippen molar-refractivity contribution in [1.82, 2.24) is 10.3 Å². The molecule has 1 aliphatic rings. The van der Waals surface area contributed by atoms with E-state index in [1.807, 2.05) is 0 Å². The molecule has 2 N–H and O–H groups in total. The zero-order valence-electron chi connectivity index (χ0n) is 10.1. The molecule has 1 heterocycles. The summed E-state index contributed by atoms with van der Waals surface area (Å²) in [6.45, 7) is 0. The number of carbonyl (C=O) groups excluding carboxylic acids is 1. The Hall–Kier alpha value is -1.13. The van der Waals surface area contributed by atoms with Gasteiger partial charge in [0.2, 0.25) is 0 Å². The van der Waals surface area contributed by atoms with Crippen LogP contribution in [-0.4, -0.2) is 28.1 Å². The Morgan fingerprint density at radius 2 is 2.11 bits per heavy atom. The minimum Gasteiger partial charge on any atom is -0.391 e. The van der Waals surface area contributed by atoms with Crippen molar-refractivity contribution >= 4 is 17.5 Å². The molecule has 5 heteroatoms. The summed E-state index contributed by atoms with van der Waals surface area (Å²) >= 11 is 5.75. The van der Waals surface area contributed by atoms with Gasteiger partial charge in [-0.1, -0.05) is 36.9 Å². The van der Waals surface area contributed by atoms with Crippen LogP contribution in [0.25, 0.3) is 0 Å². The fourth-order valence-corrected chi connectivity index (χ4v) is 2.40. The van der Waals surface area contributed by atoms with Crippen LogP contribution in [0.3, 0.4) is 0 Å². The van der Waals surface area contributed by atoms with Crippen molar-refractivity contribution < 1.29 is 9.90 Å². The number of hydrogen-bond acceptors (Lipinski definition) is 3. The van der Waals surface area contributed by atoms with Crippen molar-refractivity contribution in [3.63, 3.8) is 0 Å². The molecule has 98 valence electrons. The molecule has 1 aliphatic carbocycles. The van der Waals surface area contributed by atoms with Gasteiger partial charge >= 0.3 is 0 Å². The maximum absolute atomic E-state index is 12.0. The van der Waals surface area contributed by atoms with E-state index >= 15 is 0 Å². The van der Waals surface area contributed by atoms with Crippen molar-refractivity contribution in [3.05, 3.63) is 29.0 Å². The molecular formula is C13H17ClN2O2. The lowest BCUT2D eigenvalue weighted by Gasteiger charge is -2.21. The zero-order valence-corrected chi connectivity index (χ0v) is 10.9. The second-order valence-corrected chi connectivity index (χ2v) is 5.02. The first kappa shape index (κ1) is 13.3. The third-order valence-electron chi connectivity index (χ3n) is 3.24. The van der Waals surface area contributed by atoms with Crippen LogP contribution in [0.1, 0.15) is 42.6 Å². The molecule has 1 amide bonds. The van der Waals surface area contributed by atoms with E-state index in [1.54, 1.807) is 18.2 Å². The lowest BCUT2D eigenvalue weighted by molar-refractivity contribution is 0.0814. The van der Waals surface area contributed by atoms with Crippen molar-refractivity contribution in [1.29, 1.82) is 0 Å². The summed E-state index contributed by atoms with van der Waals surface area (Å²) in [5, 5.41) is 13.1. The molecule has 0 saturated heterocycles. The van der Waals surface area contributed by atoms with Crippen molar-refractivity contribution in [2.24, 2.45) is 0 Å². The normalized spacial score (nSPS) is 24.3. The summed E-state index contributed by atoms with van der Waals surface area (Å²) in [5.74, 6) is -0.275. The van der Waals surface area contributed by atoms with Gasteiger partial charge in [0.15, 0.2) is 0 Å². The third-order valence-corrected chi connectivity index (χ3v) is 3.45. The van der Waals surface area contributed by atoms with Crippen LogP contribution < -0.4 is 5.32 Å². The SMILES string of the molecule is O=C(NC1CCCCCC1O)c1cccc(Cl)n1. The molecule has 1 aromatic heterocycles.